The minimum absolute atomic E-state index is 0.0164. The van der Waals surface area contributed by atoms with Crippen LogP contribution in [0.25, 0.3) is 0 Å². The van der Waals surface area contributed by atoms with Crippen LogP contribution in [-0.2, 0) is 14.8 Å². The molecule has 2 N–H and O–H groups in total. The highest BCUT2D eigenvalue weighted by atomic mass is 32.2. The summed E-state index contributed by atoms with van der Waals surface area (Å²) in [6.45, 7) is 12.5. The number of fused-ring (bicyclic) bond motifs is 2. The number of nitrogens with one attached hydrogen (secondary N) is 2. The number of amides is 2. The summed E-state index contributed by atoms with van der Waals surface area (Å²) < 4.78 is 28.6. The van der Waals surface area contributed by atoms with Gasteiger partial charge in [-0.3, -0.25) is 9.59 Å². The minimum atomic E-state index is -3.72. The summed E-state index contributed by atoms with van der Waals surface area (Å²) in [4.78, 5) is 24.6. The second-order valence-electron chi connectivity index (χ2n) is 11.3. The molecule has 2 amide bonds. The molecule has 2 bridgehead atoms. The third-order valence-corrected chi connectivity index (χ3v) is 7.89. The normalized spacial score (nSPS) is 25.8. The summed E-state index contributed by atoms with van der Waals surface area (Å²) in [5.74, 6) is -0.779. The summed E-state index contributed by atoms with van der Waals surface area (Å²) in [5, 5.41) is 5.34. The van der Waals surface area contributed by atoms with Gasteiger partial charge in [0.15, 0.2) is 0 Å². The van der Waals surface area contributed by atoms with E-state index in [1.807, 2.05) is 20.8 Å². The van der Waals surface area contributed by atoms with Crippen molar-refractivity contribution in [2.45, 2.75) is 77.3 Å². The van der Waals surface area contributed by atoms with E-state index in [4.69, 9.17) is 0 Å². The van der Waals surface area contributed by atoms with E-state index in [9.17, 15) is 18.0 Å². The highest BCUT2D eigenvalue weighted by Gasteiger charge is 2.53. The van der Waals surface area contributed by atoms with Crippen molar-refractivity contribution in [3.63, 3.8) is 0 Å². The fraction of sp³-hybridized carbons (Fsp3) is 0.652. The Morgan fingerprint density at radius 3 is 2.48 bits per heavy atom. The van der Waals surface area contributed by atoms with E-state index in [2.05, 4.69) is 31.4 Å². The summed E-state index contributed by atoms with van der Waals surface area (Å²) in [6, 6.07) is 6.06. The van der Waals surface area contributed by atoms with E-state index in [0.717, 1.165) is 19.3 Å². The molecule has 1 heterocycles. The summed E-state index contributed by atoms with van der Waals surface area (Å²) >= 11 is 0. The lowest BCUT2D eigenvalue weighted by atomic mass is 9.65. The van der Waals surface area contributed by atoms with E-state index in [-0.39, 0.29) is 39.8 Å². The molecule has 1 aliphatic heterocycles. The smallest absolute Gasteiger partial charge is 0.251 e. The number of hydrogen-bond donors (Lipinski definition) is 2. The van der Waals surface area contributed by atoms with Crippen LogP contribution in [0, 0.1) is 10.8 Å². The molecule has 2 fully saturated rings. The van der Waals surface area contributed by atoms with Crippen molar-refractivity contribution in [2.24, 2.45) is 10.8 Å². The van der Waals surface area contributed by atoms with Gasteiger partial charge < -0.3 is 10.6 Å². The number of carbonyl (C=O) groups excluding carboxylic acids is 2. The van der Waals surface area contributed by atoms with Crippen LogP contribution in [-0.4, -0.2) is 49.2 Å². The SMILES string of the molecule is CC1(C)CC2CC(C)(CN2S(=O)(=O)c2cccc(C(=O)NCC(=O)NC(C)(C)C)c2)C1. The van der Waals surface area contributed by atoms with Crippen molar-refractivity contribution in [3.8, 4) is 0 Å². The molecule has 2 atom stereocenters. The largest absolute Gasteiger partial charge is 0.350 e. The number of nitrogens with zero attached hydrogens (tertiary/aromatic N) is 1. The van der Waals surface area contributed by atoms with Crippen molar-refractivity contribution in [1.82, 2.24) is 14.9 Å². The van der Waals surface area contributed by atoms with Gasteiger partial charge in [0.1, 0.15) is 0 Å². The molecule has 3 rings (SSSR count). The first-order chi connectivity index (χ1) is 14.1. The van der Waals surface area contributed by atoms with Crippen LogP contribution in [0.2, 0.25) is 0 Å². The zero-order chi connectivity index (χ0) is 23.2. The summed E-state index contributed by atoms with van der Waals surface area (Å²) in [5.41, 5.74) is -0.0839. The topological polar surface area (TPSA) is 95.6 Å². The van der Waals surface area contributed by atoms with Gasteiger partial charge in [0.05, 0.1) is 11.4 Å². The quantitative estimate of drug-likeness (QED) is 0.722. The van der Waals surface area contributed by atoms with E-state index in [0.29, 0.717) is 6.54 Å². The maximum atomic E-state index is 13.5. The van der Waals surface area contributed by atoms with Crippen molar-refractivity contribution in [3.05, 3.63) is 29.8 Å². The Morgan fingerprint density at radius 1 is 1.16 bits per heavy atom. The Balaban J connectivity index is 1.75. The molecule has 7 nitrogen and oxygen atoms in total. The predicted octanol–water partition coefficient (Wildman–Crippen LogP) is 2.92. The maximum Gasteiger partial charge on any atom is 0.251 e. The first-order valence-electron chi connectivity index (χ1n) is 10.8. The van der Waals surface area contributed by atoms with Crippen molar-refractivity contribution in [1.29, 1.82) is 0 Å². The molecule has 1 aliphatic carbocycles. The molecule has 0 spiro atoms. The predicted molar refractivity (Wildman–Crippen MR) is 120 cm³/mol. The minimum Gasteiger partial charge on any atom is -0.350 e. The van der Waals surface area contributed by atoms with Gasteiger partial charge >= 0.3 is 0 Å². The molecule has 1 saturated heterocycles. The lowest BCUT2D eigenvalue weighted by molar-refractivity contribution is -0.121. The van der Waals surface area contributed by atoms with Gasteiger partial charge in [-0.2, -0.15) is 4.31 Å². The molecular formula is C23H35N3O4S. The number of hydrogen-bond acceptors (Lipinski definition) is 4. The third-order valence-electron chi connectivity index (χ3n) is 5.99. The second-order valence-corrected chi connectivity index (χ2v) is 13.2. The van der Waals surface area contributed by atoms with E-state index >= 15 is 0 Å². The highest BCUT2D eigenvalue weighted by Crippen LogP contribution is 2.53. The Hall–Kier alpha value is -1.93. The first kappa shape index (κ1) is 23.7. The van der Waals surface area contributed by atoms with Gasteiger partial charge in [0.2, 0.25) is 15.9 Å². The fourth-order valence-corrected chi connectivity index (χ4v) is 7.17. The average Bonchev–Trinajstić information content (AvgIpc) is 2.87. The van der Waals surface area contributed by atoms with Crippen molar-refractivity contribution in [2.75, 3.05) is 13.1 Å². The Labute approximate surface area is 186 Å². The van der Waals surface area contributed by atoms with Gasteiger partial charge in [-0.15, -0.1) is 0 Å². The van der Waals surface area contributed by atoms with Crippen LogP contribution in [0.3, 0.4) is 0 Å². The standard InChI is InChI=1S/C23H35N3O4S/c1-21(2,3)25-19(27)13-24-20(28)16-8-7-9-18(10-16)31(29,30)26-15-23(6)12-17(26)11-22(4,5)14-23/h7-10,17H,11-15H2,1-6H3,(H,24,28)(H,25,27). The van der Waals surface area contributed by atoms with E-state index in [1.54, 1.807) is 16.4 Å². The third kappa shape index (κ3) is 5.47. The molecule has 2 unspecified atom stereocenters. The summed E-state index contributed by atoms with van der Waals surface area (Å²) in [7, 11) is -3.72. The Morgan fingerprint density at radius 2 is 1.84 bits per heavy atom. The lowest BCUT2D eigenvalue weighted by Crippen LogP contribution is -2.45. The summed E-state index contributed by atoms with van der Waals surface area (Å²) in [6.07, 6.45) is 2.71. The van der Waals surface area contributed by atoms with Gasteiger partial charge in [0.25, 0.3) is 5.91 Å². The Kier molecular flexibility index (Phi) is 6.04. The molecule has 1 saturated carbocycles. The highest BCUT2D eigenvalue weighted by molar-refractivity contribution is 7.89. The van der Waals surface area contributed by atoms with E-state index < -0.39 is 21.5 Å². The van der Waals surface area contributed by atoms with Crippen molar-refractivity contribution >= 4 is 21.8 Å². The molecule has 8 heteroatoms. The maximum absolute atomic E-state index is 13.5. The second kappa shape index (κ2) is 7.89. The molecule has 0 radical (unpaired) electrons. The zero-order valence-electron chi connectivity index (χ0n) is 19.4. The van der Waals surface area contributed by atoms with Gasteiger partial charge in [-0.05, 0) is 69.1 Å². The number of rotatable bonds is 5. The molecule has 172 valence electrons. The molecular weight excluding hydrogens is 414 g/mol. The van der Waals surface area contributed by atoms with Crippen LogP contribution in [0.15, 0.2) is 29.2 Å². The van der Waals surface area contributed by atoms with Crippen LogP contribution < -0.4 is 10.6 Å². The van der Waals surface area contributed by atoms with E-state index in [1.165, 1.54) is 12.1 Å². The van der Waals surface area contributed by atoms with Crippen LogP contribution >= 0.6 is 0 Å². The van der Waals surface area contributed by atoms with Crippen LogP contribution in [0.1, 0.15) is 71.2 Å². The monoisotopic (exact) mass is 449 g/mol. The molecule has 2 aliphatic rings. The van der Waals surface area contributed by atoms with Crippen LogP contribution in [0.4, 0.5) is 0 Å². The number of carbonyl (C=O) groups is 2. The van der Waals surface area contributed by atoms with Gasteiger partial charge in [-0.25, -0.2) is 8.42 Å². The van der Waals surface area contributed by atoms with Gasteiger partial charge in [0, 0.05) is 23.7 Å². The van der Waals surface area contributed by atoms with Crippen molar-refractivity contribution < 1.29 is 18.0 Å². The lowest BCUT2D eigenvalue weighted by Gasteiger charge is -2.39. The molecule has 31 heavy (non-hydrogen) atoms. The Bertz CT molecular complexity index is 981. The molecule has 1 aromatic rings. The molecule has 1 aromatic carbocycles. The number of benzene rings is 1. The number of sulfonamides is 1. The zero-order valence-corrected chi connectivity index (χ0v) is 20.2. The molecule has 0 aromatic heterocycles. The average molecular weight is 450 g/mol. The fourth-order valence-electron chi connectivity index (χ4n) is 5.35. The first-order valence-corrected chi connectivity index (χ1v) is 12.3. The van der Waals surface area contributed by atoms with Gasteiger partial charge in [-0.1, -0.05) is 26.8 Å². The van der Waals surface area contributed by atoms with Crippen LogP contribution in [0.5, 0.6) is 0 Å².